The molecule has 29 heavy (non-hydrogen) atoms. The number of carbonyl (C=O) groups excluding carboxylic acids is 2. The van der Waals surface area contributed by atoms with Crippen molar-refractivity contribution in [3.05, 3.63) is 57.1 Å². The SMILES string of the molecule is CC(OC(=O)c1cc(Cl)c2c(c1)OCCCO2)C(=O)Nc1ccccc1[N+](=O)[O-]. The predicted octanol–water partition coefficient (Wildman–Crippen LogP) is 3.59. The quantitative estimate of drug-likeness (QED) is 0.446. The zero-order valence-electron chi connectivity index (χ0n) is 15.3. The van der Waals surface area contributed by atoms with Crippen LogP contribution in [0.4, 0.5) is 11.4 Å². The van der Waals surface area contributed by atoms with Crippen molar-refractivity contribution < 1.29 is 28.7 Å². The number of fused-ring (bicyclic) bond motifs is 1. The Balaban J connectivity index is 1.71. The highest BCUT2D eigenvalue weighted by molar-refractivity contribution is 6.32. The monoisotopic (exact) mass is 420 g/mol. The van der Waals surface area contributed by atoms with Crippen LogP contribution in [0, 0.1) is 10.1 Å². The van der Waals surface area contributed by atoms with E-state index >= 15 is 0 Å². The van der Waals surface area contributed by atoms with Crippen LogP contribution in [0.3, 0.4) is 0 Å². The second-order valence-electron chi connectivity index (χ2n) is 6.15. The summed E-state index contributed by atoms with van der Waals surface area (Å²) in [5, 5.41) is 13.6. The zero-order chi connectivity index (χ0) is 21.0. The molecular formula is C19H17ClN2O7. The van der Waals surface area contributed by atoms with Gasteiger partial charge in [-0.15, -0.1) is 0 Å². The Bertz CT molecular complexity index is 964. The van der Waals surface area contributed by atoms with Gasteiger partial charge in [-0.1, -0.05) is 23.7 Å². The van der Waals surface area contributed by atoms with Crippen LogP contribution in [-0.4, -0.2) is 36.1 Å². The van der Waals surface area contributed by atoms with Gasteiger partial charge in [-0.2, -0.15) is 0 Å². The first kappa shape index (κ1) is 20.4. The molecule has 0 spiro atoms. The second kappa shape index (κ2) is 8.78. The van der Waals surface area contributed by atoms with Gasteiger partial charge in [0.1, 0.15) is 5.69 Å². The Kier molecular flexibility index (Phi) is 6.18. The van der Waals surface area contributed by atoms with Gasteiger partial charge >= 0.3 is 5.97 Å². The summed E-state index contributed by atoms with van der Waals surface area (Å²) >= 11 is 6.16. The van der Waals surface area contributed by atoms with E-state index in [2.05, 4.69) is 5.32 Å². The Hall–Kier alpha value is -3.33. The normalized spacial score (nSPS) is 13.7. The van der Waals surface area contributed by atoms with Crippen molar-refractivity contribution in [1.29, 1.82) is 0 Å². The number of ether oxygens (including phenoxy) is 3. The number of nitro benzene ring substituents is 1. The van der Waals surface area contributed by atoms with Gasteiger partial charge in [-0.05, 0) is 25.1 Å². The maximum absolute atomic E-state index is 12.4. The molecule has 10 heteroatoms. The summed E-state index contributed by atoms with van der Waals surface area (Å²) in [7, 11) is 0. The summed E-state index contributed by atoms with van der Waals surface area (Å²) < 4.78 is 16.2. The molecule has 0 radical (unpaired) electrons. The van der Waals surface area contributed by atoms with Crippen molar-refractivity contribution in [2.24, 2.45) is 0 Å². The van der Waals surface area contributed by atoms with Crippen LogP contribution in [0.2, 0.25) is 5.02 Å². The smallest absolute Gasteiger partial charge is 0.339 e. The number of anilines is 1. The van der Waals surface area contributed by atoms with Crippen LogP contribution in [0.5, 0.6) is 11.5 Å². The van der Waals surface area contributed by atoms with Gasteiger partial charge in [-0.25, -0.2) is 4.79 Å². The number of nitrogens with zero attached hydrogens (tertiary/aromatic N) is 1. The molecule has 152 valence electrons. The molecule has 1 heterocycles. The average Bonchev–Trinajstić information content (AvgIpc) is 2.94. The van der Waals surface area contributed by atoms with E-state index in [1.165, 1.54) is 37.3 Å². The fraction of sp³-hybridized carbons (Fsp3) is 0.263. The van der Waals surface area contributed by atoms with Gasteiger partial charge in [-0.3, -0.25) is 14.9 Å². The lowest BCUT2D eigenvalue weighted by Gasteiger charge is -2.15. The zero-order valence-corrected chi connectivity index (χ0v) is 16.1. The third kappa shape index (κ3) is 4.75. The maximum atomic E-state index is 12.4. The van der Waals surface area contributed by atoms with Crippen molar-refractivity contribution in [2.75, 3.05) is 18.5 Å². The number of hydrogen-bond acceptors (Lipinski definition) is 7. The van der Waals surface area contributed by atoms with E-state index in [0.717, 1.165) is 0 Å². The highest BCUT2D eigenvalue weighted by Crippen LogP contribution is 2.38. The summed E-state index contributed by atoms with van der Waals surface area (Å²) in [6.07, 6.45) is -0.537. The first-order chi connectivity index (χ1) is 13.9. The van der Waals surface area contributed by atoms with Crippen LogP contribution in [0.25, 0.3) is 0 Å². The summed E-state index contributed by atoms with van der Waals surface area (Å²) in [6, 6.07) is 8.45. The van der Waals surface area contributed by atoms with Gasteiger partial charge in [0.05, 0.1) is 28.7 Å². The molecular weight excluding hydrogens is 404 g/mol. The molecule has 0 fully saturated rings. The first-order valence-corrected chi connectivity index (χ1v) is 9.09. The molecule has 2 aromatic carbocycles. The van der Waals surface area contributed by atoms with Crippen molar-refractivity contribution in [3.8, 4) is 11.5 Å². The van der Waals surface area contributed by atoms with E-state index in [9.17, 15) is 19.7 Å². The maximum Gasteiger partial charge on any atom is 0.339 e. The van der Waals surface area contributed by atoms with E-state index in [-0.39, 0.29) is 22.0 Å². The van der Waals surface area contributed by atoms with E-state index < -0.39 is 22.9 Å². The Labute approximate surface area is 170 Å². The number of esters is 1. The molecule has 1 amide bonds. The van der Waals surface area contributed by atoms with Gasteiger partial charge in [0, 0.05) is 12.5 Å². The Morgan fingerprint density at radius 1 is 1.24 bits per heavy atom. The van der Waals surface area contributed by atoms with Crippen LogP contribution < -0.4 is 14.8 Å². The first-order valence-electron chi connectivity index (χ1n) is 8.71. The molecule has 0 saturated carbocycles. The lowest BCUT2D eigenvalue weighted by molar-refractivity contribution is -0.383. The minimum atomic E-state index is -1.21. The fourth-order valence-electron chi connectivity index (χ4n) is 2.60. The summed E-state index contributed by atoms with van der Waals surface area (Å²) in [5.74, 6) is -0.845. The van der Waals surface area contributed by atoms with E-state index in [1.807, 2.05) is 0 Å². The van der Waals surface area contributed by atoms with E-state index in [4.69, 9.17) is 25.8 Å². The molecule has 0 aliphatic carbocycles. The number of benzene rings is 2. The number of amides is 1. The standard InChI is InChI=1S/C19H17ClN2O7/c1-11(18(23)21-14-5-2-3-6-15(14)22(25)26)29-19(24)12-9-13(20)17-16(10-12)27-7-4-8-28-17/h2-3,5-6,9-11H,4,7-8H2,1H3,(H,21,23). The molecule has 0 bridgehead atoms. The average molecular weight is 421 g/mol. The molecule has 1 atom stereocenters. The largest absolute Gasteiger partial charge is 0.489 e. The molecule has 1 unspecified atom stereocenters. The molecule has 9 nitrogen and oxygen atoms in total. The van der Waals surface area contributed by atoms with Crippen molar-refractivity contribution in [1.82, 2.24) is 0 Å². The van der Waals surface area contributed by atoms with Crippen LogP contribution >= 0.6 is 11.6 Å². The Morgan fingerprint density at radius 3 is 2.72 bits per heavy atom. The molecule has 0 aromatic heterocycles. The number of nitrogens with one attached hydrogen (secondary N) is 1. The molecule has 0 saturated heterocycles. The highest BCUT2D eigenvalue weighted by Gasteiger charge is 2.24. The lowest BCUT2D eigenvalue weighted by Crippen LogP contribution is -2.30. The second-order valence-corrected chi connectivity index (χ2v) is 6.55. The summed E-state index contributed by atoms with van der Waals surface area (Å²) in [4.78, 5) is 35.2. The van der Waals surface area contributed by atoms with Crippen LogP contribution in [0.15, 0.2) is 36.4 Å². The minimum Gasteiger partial charge on any atom is -0.489 e. The van der Waals surface area contributed by atoms with Crippen molar-refractivity contribution >= 4 is 34.9 Å². The fourth-order valence-corrected chi connectivity index (χ4v) is 2.87. The van der Waals surface area contributed by atoms with Crippen molar-refractivity contribution in [3.63, 3.8) is 0 Å². The highest BCUT2D eigenvalue weighted by atomic mass is 35.5. The topological polar surface area (TPSA) is 117 Å². The lowest BCUT2D eigenvalue weighted by atomic mass is 10.2. The molecule has 1 N–H and O–H groups in total. The molecule has 3 rings (SSSR count). The molecule has 2 aromatic rings. The molecule has 1 aliphatic heterocycles. The van der Waals surface area contributed by atoms with Crippen LogP contribution in [-0.2, 0) is 9.53 Å². The summed E-state index contributed by atoms with van der Waals surface area (Å²) in [6.45, 7) is 2.21. The predicted molar refractivity (Wildman–Crippen MR) is 104 cm³/mol. The summed E-state index contributed by atoms with van der Waals surface area (Å²) in [5.41, 5.74) is -0.178. The minimum absolute atomic E-state index is 0.00372. The number of nitro groups is 1. The van der Waals surface area contributed by atoms with Gasteiger partial charge in [0.2, 0.25) is 0 Å². The van der Waals surface area contributed by atoms with Crippen LogP contribution in [0.1, 0.15) is 23.7 Å². The van der Waals surface area contributed by atoms with Gasteiger partial charge < -0.3 is 19.5 Å². The number of hydrogen-bond donors (Lipinski definition) is 1. The number of carbonyl (C=O) groups is 2. The number of halogens is 1. The van der Waals surface area contributed by atoms with Crippen molar-refractivity contribution in [2.45, 2.75) is 19.4 Å². The number of para-hydroxylation sites is 2. The van der Waals surface area contributed by atoms with E-state index in [0.29, 0.717) is 31.1 Å². The van der Waals surface area contributed by atoms with E-state index in [1.54, 1.807) is 6.07 Å². The van der Waals surface area contributed by atoms with Gasteiger partial charge in [0.25, 0.3) is 11.6 Å². The third-order valence-electron chi connectivity index (χ3n) is 4.05. The third-order valence-corrected chi connectivity index (χ3v) is 4.33. The number of rotatable bonds is 5. The van der Waals surface area contributed by atoms with Gasteiger partial charge in [0.15, 0.2) is 17.6 Å². The Morgan fingerprint density at radius 2 is 1.97 bits per heavy atom. The molecule has 1 aliphatic rings.